The minimum Gasteiger partial charge on any atom is -0.464 e. The Morgan fingerprint density at radius 3 is 2.52 bits per heavy atom. The molecule has 8 bridgehead atoms. The molecule has 4 aromatic rings. The average Bonchev–Trinajstić information content (AvgIpc) is 3.49. The lowest BCUT2D eigenvalue weighted by Gasteiger charge is -2.53. The summed E-state index contributed by atoms with van der Waals surface area (Å²) >= 11 is 1.36. The number of nitrogens with zero attached hydrogens (tertiary/aromatic N) is 6. The van der Waals surface area contributed by atoms with Gasteiger partial charge in [0.15, 0.2) is 0 Å². The molecule has 3 aromatic heterocycles. The number of fused-ring (bicyclic) bond motifs is 4. The first-order valence-electron chi connectivity index (χ1n) is 22.1. The van der Waals surface area contributed by atoms with Gasteiger partial charge in [-0.05, 0) is 74.8 Å². The maximum Gasteiger partial charge on any atom is 0.406 e. The Labute approximate surface area is 369 Å². The molecule has 5 fully saturated rings. The van der Waals surface area contributed by atoms with E-state index in [-0.39, 0.29) is 61.0 Å². The van der Waals surface area contributed by atoms with Gasteiger partial charge in [-0.25, -0.2) is 10.4 Å². The number of carbonyl (C=O) groups is 3. The van der Waals surface area contributed by atoms with Crippen molar-refractivity contribution in [1.82, 2.24) is 35.2 Å². The van der Waals surface area contributed by atoms with E-state index in [9.17, 15) is 27.6 Å². The van der Waals surface area contributed by atoms with Crippen molar-refractivity contribution in [2.45, 2.75) is 97.3 Å². The highest BCUT2D eigenvalue weighted by molar-refractivity contribution is 7.10. The molecule has 4 aliphatic heterocycles. The van der Waals surface area contributed by atoms with Crippen molar-refractivity contribution >= 4 is 45.7 Å². The summed E-state index contributed by atoms with van der Waals surface area (Å²) in [5.41, 5.74) is 7.02. The number of anilines is 1. The summed E-state index contributed by atoms with van der Waals surface area (Å²) < 4.78 is 58.0. The number of nitrogens with one attached hydrogen (secondary N) is 2. The Morgan fingerprint density at radius 1 is 1.11 bits per heavy atom. The number of hydrogen-bond acceptors (Lipinski definition) is 11. The molecule has 1 unspecified atom stereocenters. The molecule has 17 heteroatoms. The lowest BCUT2D eigenvalue weighted by molar-refractivity contribution is -0.171. The number of ether oxygens (including phenoxy) is 2. The van der Waals surface area contributed by atoms with Gasteiger partial charge in [0.1, 0.15) is 18.6 Å². The first kappa shape index (κ1) is 43.7. The van der Waals surface area contributed by atoms with E-state index < -0.39 is 42.3 Å². The van der Waals surface area contributed by atoms with E-state index in [0.29, 0.717) is 62.5 Å². The number of aromatic nitrogens is 3. The van der Waals surface area contributed by atoms with Gasteiger partial charge < -0.3 is 29.2 Å². The van der Waals surface area contributed by atoms with Crippen LogP contribution in [0.1, 0.15) is 69.8 Å². The first-order chi connectivity index (χ1) is 29.9. The molecule has 6 aliphatic rings. The van der Waals surface area contributed by atoms with E-state index in [0.717, 1.165) is 31.9 Å². The number of alkyl halides is 3. The van der Waals surface area contributed by atoms with Crippen LogP contribution in [-0.2, 0) is 43.2 Å². The van der Waals surface area contributed by atoms with E-state index >= 15 is 0 Å². The zero-order valence-electron chi connectivity index (χ0n) is 36.9. The average molecular weight is 891 g/mol. The third-order valence-electron chi connectivity index (χ3n) is 14.3. The molecule has 13 nitrogen and oxygen atoms in total. The number of pyridine rings is 1. The number of benzene rings is 1. The van der Waals surface area contributed by atoms with E-state index in [1.807, 2.05) is 52.1 Å². The smallest absolute Gasteiger partial charge is 0.406 e. The van der Waals surface area contributed by atoms with Crippen molar-refractivity contribution in [1.29, 1.82) is 0 Å². The summed E-state index contributed by atoms with van der Waals surface area (Å²) in [5.74, 6) is -0.839. The normalized spacial score (nSPS) is 28.0. The van der Waals surface area contributed by atoms with Crippen molar-refractivity contribution in [2.24, 2.45) is 29.1 Å². The first-order valence-corrected chi connectivity index (χ1v) is 23.0. The van der Waals surface area contributed by atoms with Crippen LogP contribution in [0.25, 0.3) is 33.4 Å². The quantitative estimate of drug-likeness (QED) is 0.201. The lowest BCUT2D eigenvalue weighted by atomic mass is 9.73. The maximum absolute atomic E-state index is 14.9. The number of hydrogen-bond donors (Lipinski definition) is 2. The van der Waals surface area contributed by atoms with Gasteiger partial charge in [0.05, 0.1) is 46.7 Å². The van der Waals surface area contributed by atoms with E-state index in [1.54, 1.807) is 25.4 Å². The number of methoxy groups -OCH3 is 1. The topological polar surface area (TPSA) is 134 Å². The zero-order valence-corrected chi connectivity index (χ0v) is 37.7. The third-order valence-corrected chi connectivity index (χ3v) is 15.1. The number of hydrazine groups is 1. The number of halogens is 3. The third kappa shape index (κ3) is 8.46. The van der Waals surface area contributed by atoms with Crippen molar-refractivity contribution in [2.75, 3.05) is 51.8 Å². The predicted octanol–water partition coefficient (Wildman–Crippen LogP) is 6.40. The fraction of sp³-hybridized carbons (Fsp3) is 0.587. The highest BCUT2D eigenvalue weighted by Crippen LogP contribution is 2.47. The Balaban J connectivity index is 1.20. The molecule has 6 atom stereocenters. The van der Waals surface area contributed by atoms with Crippen LogP contribution in [0.15, 0.2) is 35.8 Å². The molecule has 3 saturated heterocycles. The lowest BCUT2D eigenvalue weighted by Crippen LogP contribution is -2.71. The maximum atomic E-state index is 14.9. The molecule has 2 amide bonds. The molecular weight excluding hydrogens is 834 g/mol. The minimum atomic E-state index is -4.58. The number of thiazole rings is 1. The van der Waals surface area contributed by atoms with Crippen LogP contribution in [0.3, 0.4) is 0 Å². The standard InChI is InChI=1S/C46H57F3N8O5S/c1-24-25(2)38(24)42(58)52-34-18-37-51-35(21-63-37)27-8-9-36-31(16-27)33(19-45(4,5)23-62-44(60)40-28-14-29(15-28)57(53-40)43(34)59)41(56(36)22-46(47,48)49)32-17-30(20-50-39(32)26(3)61-7)55-12-10-54(6)11-13-55/h8-9,16-17,20-21,24-26,28-29,34,38,40,53H,10-15,18-19,22-23H2,1-7H3,(H,52,58)/t24-,25+,26-,28?,29?,34-,38?,40-/m0/s1. The van der Waals surface area contributed by atoms with E-state index in [4.69, 9.17) is 19.4 Å². The summed E-state index contributed by atoms with van der Waals surface area (Å²) in [6.45, 7) is 11.6. The van der Waals surface area contributed by atoms with Gasteiger partial charge in [0.25, 0.3) is 5.91 Å². The molecule has 2 aliphatic carbocycles. The van der Waals surface area contributed by atoms with E-state index in [1.165, 1.54) is 20.9 Å². The van der Waals surface area contributed by atoms with Gasteiger partial charge in [0, 0.05) is 84.5 Å². The number of rotatable bonds is 7. The minimum absolute atomic E-state index is 0.0328. The van der Waals surface area contributed by atoms with Gasteiger partial charge in [-0.2, -0.15) is 13.2 Å². The Morgan fingerprint density at radius 2 is 1.84 bits per heavy atom. The Hall–Kier alpha value is -4.58. The van der Waals surface area contributed by atoms with Crippen LogP contribution < -0.4 is 15.6 Å². The van der Waals surface area contributed by atoms with Crippen LogP contribution in [0, 0.1) is 29.1 Å². The fourth-order valence-electron chi connectivity index (χ4n) is 10.1. The van der Waals surface area contributed by atoms with Crippen molar-refractivity contribution < 1.29 is 37.0 Å². The zero-order chi connectivity index (χ0) is 44.7. The molecule has 0 radical (unpaired) electrons. The summed E-state index contributed by atoms with van der Waals surface area (Å²) in [7, 11) is 3.63. The second-order valence-electron chi connectivity index (χ2n) is 19.3. The van der Waals surface area contributed by atoms with Crippen molar-refractivity contribution in [3.8, 4) is 22.5 Å². The number of esters is 1. The van der Waals surface area contributed by atoms with Gasteiger partial charge in [-0.3, -0.25) is 24.4 Å². The fourth-order valence-corrected chi connectivity index (χ4v) is 10.9. The van der Waals surface area contributed by atoms with Crippen molar-refractivity contribution in [3.05, 3.63) is 52.1 Å². The summed E-state index contributed by atoms with van der Waals surface area (Å²) in [6, 6.07) is 5.52. The summed E-state index contributed by atoms with van der Waals surface area (Å²) in [4.78, 5) is 56.4. The molecule has 338 valence electrons. The second-order valence-corrected chi connectivity index (χ2v) is 20.3. The number of piperazine rings is 1. The van der Waals surface area contributed by atoms with E-state index in [2.05, 4.69) is 27.6 Å². The van der Waals surface area contributed by atoms with Crippen LogP contribution in [0.5, 0.6) is 0 Å². The van der Waals surface area contributed by atoms with Crippen molar-refractivity contribution in [3.63, 3.8) is 0 Å². The van der Waals surface area contributed by atoms with Crippen LogP contribution in [0.2, 0.25) is 0 Å². The van der Waals surface area contributed by atoms with Gasteiger partial charge >= 0.3 is 12.1 Å². The predicted molar refractivity (Wildman–Crippen MR) is 234 cm³/mol. The summed E-state index contributed by atoms with van der Waals surface area (Å²) in [5, 5.41) is 7.68. The SMILES string of the molecule is CO[C@@H](C)c1ncc(N2CCN(C)CC2)cc1-c1c2c3cc(ccc3n1CC(F)(F)F)-c1csc(n1)C[C@H](NC(=O)C1[C@@H](C)[C@H]1C)C(=O)N1N[C@H](C(=O)OCC(C)(C)C2)C2CC1C2. The number of cyclic esters (lactones) is 1. The number of likely N-dealkylation sites (N-methyl/N-ethyl adjacent to an activating group) is 1. The largest absolute Gasteiger partial charge is 0.464 e. The Kier molecular flexibility index (Phi) is 11.4. The number of amides is 2. The van der Waals surface area contributed by atoms with Gasteiger partial charge in [-0.15, -0.1) is 11.3 Å². The molecule has 1 aromatic carbocycles. The number of carbonyl (C=O) groups excluding carboxylic acids is 3. The van der Waals surface area contributed by atoms with Crippen LogP contribution >= 0.6 is 11.3 Å². The molecule has 2 N–H and O–H groups in total. The molecule has 10 rings (SSSR count). The molecule has 63 heavy (non-hydrogen) atoms. The molecule has 2 saturated carbocycles. The highest BCUT2D eigenvalue weighted by atomic mass is 32.1. The second kappa shape index (κ2) is 16.4. The van der Waals surface area contributed by atoms with Crippen LogP contribution in [0.4, 0.5) is 18.9 Å². The van der Waals surface area contributed by atoms with Crippen LogP contribution in [-0.4, -0.2) is 113 Å². The molecule has 0 spiro atoms. The molecule has 7 heterocycles. The highest BCUT2D eigenvalue weighted by Gasteiger charge is 2.53. The van der Waals surface area contributed by atoms with Gasteiger partial charge in [-0.1, -0.05) is 33.8 Å². The summed E-state index contributed by atoms with van der Waals surface area (Å²) in [6.07, 6.45) is -1.73. The Bertz CT molecular complexity index is 2410. The molecular formula is C46H57F3N8O5S. The monoisotopic (exact) mass is 890 g/mol. The van der Waals surface area contributed by atoms with Gasteiger partial charge in [0.2, 0.25) is 5.91 Å².